The van der Waals surface area contributed by atoms with Gasteiger partial charge in [0.2, 0.25) is 0 Å². The molecule has 1 aliphatic rings. The van der Waals surface area contributed by atoms with Gasteiger partial charge in [-0.05, 0) is 67.8 Å². The van der Waals surface area contributed by atoms with Gasteiger partial charge in [0.15, 0.2) is 0 Å². The van der Waals surface area contributed by atoms with Crippen LogP contribution in [-0.4, -0.2) is 27.2 Å². The molecule has 0 unspecified atom stereocenters. The Balaban J connectivity index is 2.08. The first-order valence-electron chi connectivity index (χ1n) is 8.85. The van der Waals surface area contributed by atoms with Gasteiger partial charge in [-0.25, -0.2) is 0 Å². The van der Waals surface area contributed by atoms with Crippen molar-refractivity contribution in [2.45, 2.75) is 34.1 Å². The summed E-state index contributed by atoms with van der Waals surface area (Å²) in [6.45, 7) is 8.36. The standard InChI is InChI=1S/C22H22N2O2S/c1-6-11-23-21(25)19(27-22(23)26)13-18-12-15(4)24(16(18)5)20-14(3)9-8-10-17(20)7-2/h1,8-10,12-13H,7,11H2,2-5H3. The molecule has 2 amide bonds. The molecule has 1 aromatic heterocycles. The molecular formula is C22H22N2O2S. The van der Waals surface area contributed by atoms with Crippen LogP contribution >= 0.6 is 11.8 Å². The number of carbonyl (C=O) groups is 2. The topological polar surface area (TPSA) is 42.3 Å². The highest BCUT2D eigenvalue weighted by Crippen LogP contribution is 2.34. The van der Waals surface area contributed by atoms with Crippen molar-refractivity contribution >= 4 is 29.0 Å². The zero-order chi connectivity index (χ0) is 19.7. The van der Waals surface area contributed by atoms with Gasteiger partial charge in [0.25, 0.3) is 11.1 Å². The number of terminal acetylenes is 1. The van der Waals surface area contributed by atoms with Gasteiger partial charge >= 0.3 is 0 Å². The fourth-order valence-electron chi connectivity index (χ4n) is 3.47. The molecule has 2 aromatic rings. The fraction of sp³-hybridized carbons (Fsp3) is 0.273. The summed E-state index contributed by atoms with van der Waals surface area (Å²) < 4.78 is 2.23. The molecule has 5 heteroatoms. The van der Waals surface area contributed by atoms with Crippen molar-refractivity contribution < 1.29 is 9.59 Å². The maximum absolute atomic E-state index is 12.5. The van der Waals surface area contributed by atoms with Gasteiger partial charge in [-0.2, -0.15) is 0 Å². The second-order valence-electron chi connectivity index (χ2n) is 6.57. The van der Waals surface area contributed by atoms with Crippen molar-refractivity contribution in [3.63, 3.8) is 0 Å². The van der Waals surface area contributed by atoms with Gasteiger partial charge < -0.3 is 4.57 Å². The Morgan fingerprint density at radius 1 is 1.22 bits per heavy atom. The number of para-hydroxylation sites is 1. The SMILES string of the molecule is C#CCN1C(=O)SC(=Cc2cc(C)n(-c3c(C)cccc3CC)c2C)C1=O. The molecule has 0 bridgehead atoms. The van der Waals surface area contributed by atoms with E-state index in [0.29, 0.717) is 4.91 Å². The lowest BCUT2D eigenvalue weighted by atomic mass is 10.1. The minimum Gasteiger partial charge on any atom is -0.317 e. The lowest BCUT2D eigenvalue weighted by molar-refractivity contribution is -0.122. The van der Waals surface area contributed by atoms with E-state index in [9.17, 15) is 9.59 Å². The molecule has 1 aromatic carbocycles. The molecule has 0 spiro atoms. The summed E-state index contributed by atoms with van der Waals surface area (Å²) in [5.74, 6) is 2.04. The van der Waals surface area contributed by atoms with E-state index < -0.39 is 0 Å². The van der Waals surface area contributed by atoms with E-state index in [4.69, 9.17) is 6.42 Å². The predicted octanol–water partition coefficient (Wildman–Crippen LogP) is 4.63. The highest BCUT2D eigenvalue weighted by atomic mass is 32.2. The number of amides is 2. The van der Waals surface area contributed by atoms with Crippen molar-refractivity contribution in [2.24, 2.45) is 0 Å². The van der Waals surface area contributed by atoms with Crippen molar-refractivity contribution in [2.75, 3.05) is 6.54 Å². The summed E-state index contributed by atoms with van der Waals surface area (Å²) >= 11 is 0.941. The lowest BCUT2D eigenvalue weighted by Crippen LogP contribution is -2.28. The number of aryl methyl sites for hydroxylation is 3. The molecular weight excluding hydrogens is 356 g/mol. The van der Waals surface area contributed by atoms with Crippen LogP contribution in [0.2, 0.25) is 0 Å². The van der Waals surface area contributed by atoms with E-state index in [1.165, 1.54) is 16.8 Å². The van der Waals surface area contributed by atoms with Crippen LogP contribution in [0.25, 0.3) is 11.8 Å². The average molecular weight is 378 g/mol. The maximum Gasteiger partial charge on any atom is 0.294 e. The van der Waals surface area contributed by atoms with Crippen LogP contribution in [-0.2, 0) is 11.2 Å². The van der Waals surface area contributed by atoms with Crippen LogP contribution in [0.1, 0.15) is 35.0 Å². The number of hydrogen-bond donors (Lipinski definition) is 0. The molecule has 0 radical (unpaired) electrons. The number of benzene rings is 1. The summed E-state index contributed by atoms with van der Waals surface area (Å²) in [5, 5.41) is -0.315. The minimum atomic E-state index is -0.321. The van der Waals surface area contributed by atoms with Crippen LogP contribution < -0.4 is 0 Å². The van der Waals surface area contributed by atoms with E-state index in [2.05, 4.69) is 55.5 Å². The normalized spacial score (nSPS) is 15.7. The van der Waals surface area contributed by atoms with E-state index in [1.54, 1.807) is 6.08 Å². The molecule has 138 valence electrons. The molecule has 1 aliphatic heterocycles. The van der Waals surface area contributed by atoms with Crippen molar-refractivity contribution in [1.82, 2.24) is 9.47 Å². The Bertz CT molecular complexity index is 1010. The Morgan fingerprint density at radius 2 is 1.96 bits per heavy atom. The molecule has 3 rings (SSSR count). The summed E-state index contributed by atoms with van der Waals surface area (Å²) in [5.41, 5.74) is 6.74. The van der Waals surface area contributed by atoms with E-state index in [1.807, 2.05) is 6.92 Å². The zero-order valence-corrected chi connectivity index (χ0v) is 16.8. The summed E-state index contributed by atoms with van der Waals surface area (Å²) in [4.78, 5) is 26.0. The monoisotopic (exact) mass is 378 g/mol. The van der Waals surface area contributed by atoms with Crippen LogP contribution in [0, 0.1) is 33.1 Å². The number of rotatable bonds is 4. The Kier molecular flexibility index (Phi) is 5.29. The van der Waals surface area contributed by atoms with Gasteiger partial charge in [-0.1, -0.05) is 31.0 Å². The number of aromatic nitrogens is 1. The third-order valence-electron chi connectivity index (χ3n) is 4.81. The summed E-state index contributed by atoms with van der Waals surface area (Å²) in [6, 6.07) is 8.38. The van der Waals surface area contributed by atoms with Crippen LogP contribution in [0.4, 0.5) is 4.79 Å². The smallest absolute Gasteiger partial charge is 0.294 e. The molecule has 27 heavy (non-hydrogen) atoms. The summed E-state index contributed by atoms with van der Waals surface area (Å²) in [7, 11) is 0. The maximum atomic E-state index is 12.5. The van der Waals surface area contributed by atoms with Crippen LogP contribution in [0.15, 0.2) is 29.2 Å². The molecule has 1 saturated heterocycles. The van der Waals surface area contributed by atoms with Crippen LogP contribution in [0.5, 0.6) is 0 Å². The molecule has 1 fully saturated rings. The molecule has 0 N–H and O–H groups in total. The molecule has 4 nitrogen and oxygen atoms in total. The predicted molar refractivity (Wildman–Crippen MR) is 111 cm³/mol. The average Bonchev–Trinajstić information content (AvgIpc) is 3.05. The third-order valence-corrected chi connectivity index (χ3v) is 5.71. The highest BCUT2D eigenvalue weighted by Gasteiger charge is 2.34. The molecule has 0 saturated carbocycles. The Morgan fingerprint density at radius 3 is 2.63 bits per heavy atom. The van der Waals surface area contributed by atoms with Crippen molar-refractivity contribution in [3.8, 4) is 18.0 Å². The molecule has 2 heterocycles. The number of hydrogen-bond acceptors (Lipinski definition) is 3. The lowest BCUT2D eigenvalue weighted by Gasteiger charge is -2.17. The molecule has 0 aliphatic carbocycles. The largest absolute Gasteiger partial charge is 0.317 e. The number of thioether (sulfide) groups is 1. The van der Waals surface area contributed by atoms with Gasteiger partial charge in [-0.15, -0.1) is 6.42 Å². The van der Waals surface area contributed by atoms with Crippen molar-refractivity contribution in [3.05, 3.63) is 57.2 Å². The second kappa shape index (κ2) is 7.50. The quantitative estimate of drug-likeness (QED) is 0.575. The zero-order valence-electron chi connectivity index (χ0n) is 16.0. The first-order chi connectivity index (χ1) is 12.9. The number of carbonyl (C=O) groups excluding carboxylic acids is 2. The van der Waals surface area contributed by atoms with E-state index >= 15 is 0 Å². The van der Waals surface area contributed by atoms with E-state index in [0.717, 1.165) is 40.0 Å². The third kappa shape index (κ3) is 3.33. The minimum absolute atomic E-state index is 0.00407. The first kappa shape index (κ1) is 19.1. The van der Waals surface area contributed by atoms with Gasteiger partial charge in [-0.3, -0.25) is 14.5 Å². The number of nitrogens with zero attached hydrogens (tertiary/aromatic N) is 2. The highest BCUT2D eigenvalue weighted by molar-refractivity contribution is 8.18. The van der Waals surface area contributed by atoms with Gasteiger partial charge in [0.05, 0.1) is 17.1 Å². The van der Waals surface area contributed by atoms with Gasteiger partial charge in [0, 0.05) is 11.4 Å². The fourth-order valence-corrected chi connectivity index (χ4v) is 4.30. The van der Waals surface area contributed by atoms with Crippen molar-refractivity contribution in [1.29, 1.82) is 0 Å². The Labute approximate surface area is 164 Å². The second-order valence-corrected chi connectivity index (χ2v) is 7.56. The first-order valence-corrected chi connectivity index (χ1v) is 9.67. The van der Waals surface area contributed by atoms with Crippen LogP contribution in [0.3, 0.4) is 0 Å². The Hall–Kier alpha value is -2.71. The number of imide groups is 1. The molecule has 0 atom stereocenters. The summed E-state index contributed by atoms with van der Waals surface area (Å²) in [6.07, 6.45) is 7.99. The van der Waals surface area contributed by atoms with Gasteiger partial charge in [0.1, 0.15) is 0 Å². The van der Waals surface area contributed by atoms with E-state index in [-0.39, 0.29) is 17.7 Å².